The fourth-order valence-electron chi connectivity index (χ4n) is 0.876. The molecule has 0 aromatic heterocycles. The maximum atomic E-state index is 13.0. The first-order valence-electron chi connectivity index (χ1n) is 3.64. The number of ether oxygens (including phenoxy) is 1. The second-order valence-electron chi connectivity index (χ2n) is 2.37. The van der Waals surface area contributed by atoms with Crippen LogP contribution >= 0.6 is 0 Å². The van der Waals surface area contributed by atoms with E-state index in [4.69, 9.17) is 11.7 Å². The zero-order valence-electron chi connectivity index (χ0n) is 7.05. The Hall–Kier alpha value is -2.07. The highest BCUT2D eigenvalue weighted by atomic mass is 19.1. The molecule has 0 heterocycles. The van der Waals surface area contributed by atoms with Gasteiger partial charge < -0.3 is 4.74 Å². The van der Waals surface area contributed by atoms with Gasteiger partial charge in [0.05, 0.1) is 11.6 Å². The van der Waals surface area contributed by atoms with Gasteiger partial charge in [0.25, 0.3) is 0 Å². The van der Waals surface area contributed by atoms with E-state index in [1.54, 1.807) is 6.07 Å². The van der Waals surface area contributed by atoms with Crippen molar-refractivity contribution in [2.75, 3.05) is 6.61 Å². The van der Waals surface area contributed by atoms with Crippen molar-refractivity contribution < 1.29 is 13.5 Å². The Balaban J connectivity index is 3.08. The number of halogens is 2. The summed E-state index contributed by atoms with van der Waals surface area (Å²) in [6, 6.07) is 3.38. The highest BCUT2D eigenvalue weighted by Gasteiger charge is 2.11. The number of hydrogen-bond acceptors (Lipinski definition) is 2. The zero-order chi connectivity index (χ0) is 10.6. The summed E-state index contributed by atoms with van der Waals surface area (Å²) in [5.41, 5.74) is -0.104. The molecule has 0 atom stereocenters. The molecule has 70 valence electrons. The van der Waals surface area contributed by atoms with Gasteiger partial charge in [-0.15, -0.1) is 6.42 Å². The fourth-order valence-corrected chi connectivity index (χ4v) is 0.876. The average Bonchev–Trinajstić information content (AvgIpc) is 2.16. The molecule has 0 amide bonds. The Morgan fingerprint density at radius 1 is 1.36 bits per heavy atom. The Labute approximate surface area is 79.7 Å². The van der Waals surface area contributed by atoms with Gasteiger partial charge >= 0.3 is 0 Å². The molecule has 1 aromatic carbocycles. The predicted octanol–water partition coefficient (Wildman–Crippen LogP) is 1.85. The van der Waals surface area contributed by atoms with Crippen LogP contribution in [0.5, 0.6) is 5.75 Å². The molecule has 1 aromatic rings. The summed E-state index contributed by atoms with van der Waals surface area (Å²) in [4.78, 5) is 0. The normalized spacial score (nSPS) is 8.86. The second kappa shape index (κ2) is 4.25. The van der Waals surface area contributed by atoms with Crippen LogP contribution in [0.2, 0.25) is 0 Å². The summed E-state index contributed by atoms with van der Waals surface area (Å²) in [5, 5.41) is 8.40. The minimum absolute atomic E-state index is 0.104. The number of benzene rings is 1. The molecule has 0 spiro atoms. The second-order valence-corrected chi connectivity index (χ2v) is 2.37. The third-order valence-electron chi connectivity index (χ3n) is 1.43. The van der Waals surface area contributed by atoms with Crippen LogP contribution in [0.4, 0.5) is 8.78 Å². The molecule has 0 saturated carbocycles. The van der Waals surface area contributed by atoms with Crippen LogP contribution in [0.1, 0.15) is 5.56 Å². The molecule has 0 bridgehead atoms. The third kappa shape index (κ3) is 1.99. The van der Waals surface area contributed by atoms with Gasteiger partial charge in [-0.1, -0.05) is 5.92 Å². The Morgan fingerprint density at radius 2 is 1.93 bits per heavy atom. The van der Waals surface area contributed by atoms with Gasteiger partial charge in [0.15, 0.2) is 17.4 Å². The first kappa shape index (κ1) is 10.0. The van der Waals surface area contributed by atoms with E-state index in [2.05, 4.69) is 10.7 Å². The first-order valence-corrected chi connectivity index (χ1v) is 3.64. The van der Waals surface area contributed by atoms with Crippen LogP contribution in [0.25, 0.3) is 0 Å². The van der Waals surface area contributed by atoms with Crippen LogP contribution < -0.4 is 4.74 Å². The van der Waals surface area contributed by atoms with E-state index in [9.17, 15) is 8.78 Å². The molecule has 14 heavy (non-hydrogen) atoms. The molecule has 0 radical (unpaired) electrons. The van der Waals surface area contributed by atoms with Crippen molar-refractivity contribution in [3.05, 3.63) is 29.3 Å². The van der Waals surface area contributed by atoms with Gasteiger partial charge in [0.1, 0.15) is 6.61 Å². The summed E-state index contributed by atoms with van der Waals surface area (Å²) in [6.45, 7) is -0.222. The summed E-state index contributed by atoms with van der Waals surface area (Å²) >= 11 is 0. The number of terminal acetylenes is 1. The molecule has 0 aliphatic rings. The monoisotopic (exact) mass is 193 g/mol. The van der Waals surface area contributed by atoms with E-state index in [1.807, 2.05) is 0 Å². The molecule has 0 aliphatic heterocycles. The van der Waals surface area contributed by atoms with Crippen LogP contribution in [0.3, 0.4) is 0 Å². The zero-order valence-corrected chi connectivity index (χ0v) is 7.05. The number of rotatable bonds is 2. The molecule has 0 N–H and O–H groups in total. The van der Waals surface area contributed by atoms with E-state index in [0.717, 1.165) is 12.1 Å². The van der Waals surface area contributed by atoms with E-state index < -0.39 is 17.4 Å². The number of nitriles is 1. The molecule has 0 saturated heterocycles. The Kier molecular flexibility index (Phi) is 3.04. The molecular weight excluding hydrogens is 188 g/mol. The van der Waals surface area contributed by atoms with Gasteiger partial charge in [0, 0.05) is 0 Å². The molecule has 1 rings (SSSR count). The van der Waals surface area contributed by atoms with E-state index in [-0.39, 0.29) is 12.2 Å². The fraction of sp³-hybridized carbons (Fsp3) is 0.100. The Bertz CT molecular complexity index is 406. The summed E-state index contributed by atoms with van der Waals surface area (Å²) < 4.78 is 30.7. The topological polar surface area (TPSA) is 33.0 Å². The van der Waals surface area contributed by atoms with Crippen LogP contribution in [0.15, 0.2) is 12.1 Å². The lowest BCUT2D eigenvalue weighted by Crippen LogP contribution is -1.99. The van der Waals surface area contributed by atoms with E-state index in [1.165, 1.54) is 0 Å². The average molecular weight is 193 g/mol. The quantitative estimate of drug-likeness (QED) is 0.671. The van der Waals surface area contributed by atoms with Crippen molar-refractivity contribution in [3.63, 3.8) is 0 Å². The molecule has 0 aliphatic carbocycles. The number of nitrogens with zero attached hydrogens (tertiary/aromatic N) is 1. The standard InChI is InChI=1S/C10H5F2NO/c1-2-3-14-10-8(11)4-7(6-13)5-9(10)12/h1,4-5H,3H2. The van der Waals surface area contributed by atoms with Crippen molar-refractivity contribution in [2.45, 2.75) is 0 Å². The van der Waals surface area contributed by atoms with Crippen molar-refractivity contribution in [1.29, 1.82) is 5.26 Å². The lowest BCUT2D eigenvalue weighted by molar-refractivity contribution is 0.326. The molecule has 0 fully saturated rings. The highest BCUT2D eigenvalue weighted by Crippen LogP contribution is 2.22. The van der Waals surface area contributed by atoms with Crippen molar-refractivity contribution in [1.82, 2.24) is 0 Å². The highest BCUT2D eigenvalue weighted by molar-refractivity contribution is 5.37. The first-order chi connectivity index (χ1) is 6.69. The van der Waals surface area contributed by atoms with Crippen LogP contribution in [-0.2, 0) is 0 Å². The molecule has 2 nitrogen and oxygen atoms in total. The lowest BCUT2D eigenvalue weighted by atomic mass is 10.2. The van der Waals surface area contributed by atoms with Crippen LogP contribution in [-0.4, -0.2) is 6.61 Å². The van der Waals surface area contributed by atoms with Gasteiger partial charge in [-0.3, -0.25) is 0 Å². The third-order valence-corrected chi connectivity index (χ3v) is 1.43. The summed E-state index contributed by atoms with van der Waals surface area (Å²) in [5.74, 6) is -0.342. The van der Waals surface area contributed by atoms with Gasteiger partial charge in [-0.05, 0) is 12.1 Å². The van der Waals surface area contributed by atoms with Gasteiger partial charge in [-0.25, -0.2) is 8.78 Å². The molecule has 0 unspecified atom stereocenters. The minimum Gasteiger partial charge on any atom is -0.475 e. The van der Waals surface area contributed by atoms with Crippen molar-refractivity contribution in [2.24, 2.45) is 0 Å². The summed E-state index contributed by atoms with van der Waals surface area (Å²) in [7, 11) is 0. The minimum atomic E-state index is -0.934. The smallest absolute Gasteiger partial charge is 0.192 e. The lowest BCUT2D eigenvalue weighted by Gasteiger charge is -2.04. The van der Waals surface area contributed by atoms with Gasteiger partial charge in [-0.2, -0.15) is 5.26 Å². The molecule has 4 heteroatoms. The Morgan fingerprint density at radius 3 is 2.36 bits per heavy atom. The van der Waals surface area contributed by atoms with Gasteiger partial charge in [0.2, 0.25) is 0 Å². The molecular formula is C10H5F2NO. The van der Waals surface area contributed by atoms with E-state index in [0.29, 0.717) is 0 Å². The number of hydrogen-bond donors (Lipinski definition) is 0. The summed E-state index contributed by atoms with van der Waals surface area (Å²) in [6.07, 6.45) is 4.86. The maximum absolute atomic E-state index is 13.0. The van der Waals surface area contributed by atoms with E-state index >= 15 is 0 Å². The maximum Gasteiger partial charge on any atom is 0.192 e. The van der Waals surface area contributed by atoms with Crippen LogP contribution in [0, 0.1) is 35.3 Å². The van der Waals surface area contributed by atoms with Crippen molar-refractivity contribution >= 4 is 0 Å². The predicted molar refractivity (Wildman–Crippen MR) is 45.4 cm³/mol. The largest absolute Gasteiger partial charge is 0.475 e. The SMILES string of the molecule is C#CCOc1c(F)cc(C#N)cc1F. The van der Waals surface area contributed by atoms with Crippen molar-refractivity contribution in [3.8, 4) is 24.2 Å².